The molecule has 0 radical (unpaired) electrons. The van der Waals surface area contributed by atoms with E-state index in [0.717, 1.165) is 46.6 Å². The van der Waals surface area contributed by atoms with Gasteiger partial charge in [-0.1, -0.05) is 43.5 Å². The number of benzene rings is 1. The number of nitrogens with zero attached hydrogens (tertiary/aromatic N) is 1. The molecule has 0 aliphatic heterocycles. The van der Waals surface area contributed by atoms with Crippen molar-refractivity contribution in [3.05, 3.63) is 74.1 Å². The summed E-state index contributed by atoms with van der Waals surface area (Å²) in [4.78, 5) is 31.3. The van der Waals surface area contributed by atoms with Crippen LogP contribution in [-0.2, 0) is 22.6 Å². The molecular formula is C27H32N2O3S2. The van der Waals surface area contributed by atoms with Crippen LogP contribution in [0.3, 0.4) is 0 Å². The largest absolute Gasteiger partial charge is 0.496 e. The normalized spacial score (nSPS) is 15.0. The summed E-state index contributed by atoms with van der Waals surface area (Å²) in [5.74, 6) is 0.558. The molecule has 2 amide bonds. The summed E-state index contributed by atoms with van der Waals surface area (Å²) in [5.41, 5.74) is 1.91. The van der Waals surface area contributed by atoms with Crippen molar-refractivity contribution < 1.29 is 14.3 Å². The quantitative estimate of drug-likeness (QED) is 0.402. The maximum atomic E-state index is 13.8. The van der Waals surface area contributed by atoms with Gasteiger partial charge in [0.15, 0.2) is 0 Å². The lowest BCUT2D eigenvalue weighted by Crippen LogP contribution is -2.47. The predicted octanol–water partition coefficient (Wildman–Crippen LogP) is 5.89. The lowest BCUT2D eigenvalue weighted by atomic mass is 9.95. The number of thiophene rings is 2. The molecule has 1 aliphatic rings. The minimum atomic E-state index is -0.681. The molecule has 3 aromatic rings. The van der Waals surface area contributed by atoms with E-state index in [4.69, 9.17) is 4.74 Å². The topological polar surface area (TPSA) is 58.6 Å². The van der Waals surface area contributed by atoms with Crippen LogP contribution in [-0.4, -0.2) is 29.9 Å². The summed E-state index contributed by atoms with van der Waals surface area (Å²) in [6, 6.07) is 13.1. The van der Waals surface area contributed by atoms with Crippen molar-refractivity contribution in [1.29, 1.82) is 0 Å². The highest BCUT2D eigenvalue weighted by molar-refractivity contribution is 7.10. The summed E-state index contributed by atoms with van der Waals surface area (Å²) in [6.07, 6.45) is 5.75. The van der Waals surface area contributed by atoms with Crippen LogP contribution in [0.25, 0.3) is 0 Å². The van der Waals surface area contributed by atoms with Gasteiger partial charge in [0.25, 0.3) is 0 Å². The van der Waals surface area contributed by atoms with Crippen LogP contribution in [0.1, 0.15) is 59.0 Å². The SMILES string of the molecule is COc1ccccc1CN(C(=O)Cc1cccs1)[C@@H](C(=O)NC1CCCCC1)c1sccc1C. The lowest BCUT2D eigenvalue weighted by molar-refractivity contribution is -0.141. The average Bonchev–Trinajstić information content (AvgIpc) is 3.51. The second-order valence-corrected chi connectivity index (χ2v) is 10.8. The summed E-state index contributed by atoms with van der Waals surface area (Å²) in [6.45, 7) is 2.31. The molecule has 34 heavy (non-hydrogen) atoms. The third kappa shape index (κ3) is 5.88. The Hall–Kier alpha value is -2.64. The van der Waals surface area contributed by atoms with Gasteiger partial charge in [-0.2, -0.15) is 0 Å². The van der Waals surface area contributed by atoms with E-state index in [1.54, 1.807) is 23.3 Å². The Labute approximate surface area is 209 Å². The molecule has 1 aromatic carbocycles. The van der Waals surface area contributed by atoms with E-state index in [1.807, 2.05) is 60.1 Å². The number of methoxy groups -OCH3 is 1. The number of nitrogens with one attached hydrogen (secondary N) is 1. The Bertz CT molecular complexity index is 1090. The highest BCUT2D eigenvalue weighted by Gasteiger charge is 2.35. The molecule has 1 fully saturated rings. The molecule has 0 unspecified atom stereocenters. The fraction of sp³-hybridized carbons (Fsp3) is 0.407. The molecule has 0 spiro atoms. The van der Waals surface area contributed by atoms with Gasteiger partial charge in [-0.05, 0) is 54.3 Å². The maximum absolute atomic E-state index is 13.8. The Kier molecular flexibility index (Phi) is 8.40. The predicted molar refractivity (Wildman–Crippen MR) is 138 cm³/mol. The molecule has 1 aliphatic carbocycles. The van der Waals surface area contributed by atoms with Crippen LogP contribution in [0.5, 0.6) is 5.75 Å². The second-order valence-electron chi connectivity index (χ2n) is 8.80. The van der Waals surface area contributed by atoms with Gasteiger partial charge in [-0.25, -0.2) is 0 Å². The van der Waals surface area contributed by atoms with E-state index >= 15 is 0 Å². The zero-order chi connectivity index (χ0) is 23.9. The Morgan fingerprint density at radius 2 is 1.85 bits per heavy atom. The smallest absolute Gasteiger partial charge is 0.248 e. The van der Waals surface area contributed by atoms with Crippen LogP contribution in [0, 0.1) is 6.92 Å². The minimum absolute atomic E-state index is 0.0649. The Morgan fingerprint density at radius 1 is 1.06 bits per heavy atom. The Morgan fingerprint density at radius 3 is 2.53 bits per heavy atom. The number of amides is 2. The molecule has 5 nitrogen and oxygen atoms in total. The number of ether oxygens (including phenoxy) is 1. The van der Waals surface area contributed by atoms with Crippen molar-refractivity contribution in [2.45, 2.75) is 64.1 Å². The summed E-state index contributed by atoms with van der Waals surface area (Å²) < 4.78 is 5.57. The van der Waals surface area contributed by atoms with E-state index in [2.05, 4.69) is 5.32 Å². The minimum Gasteiger partial charge on any atom is -0.496 e. The molecule has 1 atom stereocenters. The summed E-state index contributed by atoms with van der Waals surface area (Å²) >= 11 is 3.10. The van der Waals surface area contributed by atoms with Gasteiger partial charge in [0.1, 0.15) is 11.8 Å². The first kappa shape index (κ1) is 24.5. The first-order valence-electron chi connectivity index (χ1n) is 11.8. The Balaban J connectivity index is 1.70. The van der Waals surface area contributed by atoms with E-state index in [0.29, 0.717) is 12.3 Å². The van der Waals surface area contributed by atoms with Gasteiger partial charge in [0, 0.05) is 21.4 Å². The van der Waals surface area contributed by atoms with Gasteiger partial charge in [-0.15, -0.1) is 22.7 Å². The van der Waals surface area contributed by atoms with Crippen LogP contribution in [0.2, 0.25) is 0 Å². The number of hydrogen-bond donors (Lipinski definition) is 1. The van der Waals surface area contributed by atoms with Crippen LogP contribution in [0.4, 0.5) is 0 Å². The second kappa shape index (κ2) is 11.7. The van der Waals surface area contributed by atoms with E-state index in [-0.39, 0.29) is 24.3 Å². The fourth-order valence-electron chi connectivity index (χ4n) is 4.60. The van der Waals surface area contributed by atoms with E-state index < -0.39 is 6.04 Å². The van der Waals surface area contributed by atoms with Crippen LogP contribution in [0.15, 0.2) is 53.2 Å². The van der Waals surface area contributed by atoms with Crippen LogP contribution >= 0.6 is 22.7 Å². The van der Waals surface area contributed by atoms with Gasteiger partial charge < -0.3 is 15.0 Å². The molecule has 0 bridgehead atoms. The fourth-order valence-corrected chi connectivity index (χ4v) is 6.33. The first-order valence-corrected chi connectivity index (χ1v) is 13.6. The molecule has 4 rings (SSSR count). The monoisotopic (exact) mass is 496 g/mol. The average molecular weight is 497 g/mol. The number of rotatable bonds is 9. The molecule has 7 heteroatoms. The number of aryl methyl sites for hydroxylation is 1. The summed E-state index contributed by atoms with van der Waals surface area (Å²) in [7, 11) is 1.63. The van der Waals surface area contributed by atoms with Crippen molar-refractivity contribution in [3.8, 4) is 5.75 Å². The lowest BCUT2D eigenvalue weighted by Gasteiger charge is -2.33. The highest BCUT2D eigenvalue weighted by Crippen LogP contribution is 2.33. The highest BCUT2D eigenvalue weighted by atomic mass is 32.1. The summed E-state index contributed by atoms with van der Waals surface area (Å²) in [5, 5.41) is 7.26. The molecule has 180 valence electrons. The number of para-hydroxylation sites is 1. The zero-order valence-electron chi connectivity index (χ0n) is 19.8. The molecule has 1 saturated carbocycles. The standard InChI is InChI=1S/C27H32N2O3S2/c1-19-14-16-34-26(19)25(27(31)28-21-10-4-3-5-11-21)29(24(30)17-22-12-8-15-33-22)18-20-9-6-7-13-23(20)32-2/h6-9,12-16,21,25H,3-5,10-11,17-18H2,1-2H3,(H,28,31)/t25-/m1/s1. The van der Waals surface area contributed by atoms with E-state index in [1.165, 1.54) is 17.8 Å². The van der Waals surface area contributed by atoms with Crippen molar-refractivity contribution in [2.24, 2.45) is 0 Å². The van der Waals surface area contributed by atoms with Gasteiger partial charge in [0.05, 0.1) is 20.1 Å². The van der Waals surface area contributed by atoms with Crippen LogP contribution < -0.4 is 10.1 Å². The molecule has 1 N–H and O–H groups in total. The number of carbonyl (C=O) groups excluding carboxylic acids is 2. The molecule has 2 aromatic heterocycles. The van der Waals surface area contributed by atoms with Crippen molar-refractivity contribution >= 4 is 34.5 Å². The van der Waals surface area contributed by atoms with Crippen molar-refractivity contribution in [3.63, 3.8) is 0 Å². The number of carbonyl (C=O) groups is 2. The first-order chi connectivity index (χ1) is 16.6. The van der Waals surface area contributed by atoms with Crippen molar-refractivity contribution in [2.75, 3.05) is 7.11 Å². The third-order valence-electron chi connectivity index (χ3n) is 6.42. The third-order valence-corrected chi connectivity index (χ3v) is 8.37. The molecule has 2 heterocycles. The maximum Gasteiger partial charge on any atom is 0.248 e. The van der Waals surface area contributed by atoms with E-state index in [9.17, 15) is 9.59 Å². The van der Waals surface area contributed by atoms with Gasteiger partial charge in [0.2, 0.25) is 11.8 Å². The molecule has 0 saturated heterocycles. The van der Waals surface area contributed by atoms with Gasteiger partial charge >= 0.3 is 0 Å². The van der Waals surface area contributed by atoms with Gasteiger partial charge in [-0.3, -0.25) is 9.59 Å². The molecular weight excluding hydrogens is 464 g/mol. The zero-order valence-corrected chi connectivity index (χ0v) is 21.4. The van der Waals surface area contributed by atoms with Crippen molar-refractivity contribution in [1.82, 2.24) is 10.2 Å². The number of hydrogen-bond acceptors (Lipinski definition) is 5.